The summed E-state index contributed by atoms with van der Waals surface area (Å²) in [4.78, 5) is 12.3. The summed E-state index contributed by atoms with van der Waals surface area (Å²) in [6.07, 6.45) is 9.12. The summed E-state index contributed by atoms with van der Waals surface area (Å²) in [5.74, 6) is 1.69. The zero-order chi connectivity index (χ0) is 16.2. The van der Waals surface area contributed by atoms with Crippen molar-refractivity contribution >= 4 is 6.03 Å². The molecule has 2 amide bonds. The van der Waals surface area contributed by atoms with Gasteiger partial charge in [-0.15, -0.1) is 0 Å². The molecular weight excluding hydrogens is 294 g/mol. The molecule has 6 N–H and O–H groups in total. The maximum absolute atomic E-state index is 12.3. The molecule has 6 atom stereocenters. The van der Waals surface area contributed by atoms with Crippen molar-refractivity contribution in [1.82, 2.24) is 26.7 Å². The van der Waals surface area contributed by atoms with Crippen molar-refractivity contribution < 1.29 is 10.0 Å². The van der Waals surface area contributed by atoms with E-state index in [2.05, 4.69) is 26.7 Å². The van der Waals surface area contributed by atoms with Crippen molar-refractivity contribution in [1.29, 1.82) is 0 Å². The first-order valence-corrected chi connectivity index (χ1v) is 9.13. The van der Waals surface area contributed by atoms with E-state index in [1.165, 1.54) is 32.1 Å². The van der Waals surface area contributed by atoms with Gasteiger partial charge in [0.25, 0.3) is 0 Å². The van der Waals surface area contributed by atoms with Gasteiger partial charge in [0.2, 0.25) is 0 Å². The Morgan fingerprint density at radius 2 is 1.78 bits per heavy atom. The third kappa shape index (κ3) is 4.56. The van der Waals surface area contributed by atoms with E-state index in [0.717, 1.165) is 31.1 Å². The van der Waals surface area contributed by atoms with E-state index in [4.69, 9.17) is 5.21 Å². The van der Waals surface area contributed by atoms with E-state index in [9.17, 15) is 4.79 Å². The summed E-state index contributed by atoms with van der Waals surface area (Å²) in [5, 5.41) is 21.5. The van der Waals surface area contributed by atoms with E-state index in [-0.39, 0.29) is 24.5 Å². The highest BCUT2D eigenvalue weighted by Crippen LogP contribution is 2.40. The summed E-state index contributed by atoms with van der Waals surface area (Å²) < 4.78 is 0. The van der Waals surface area contributed by atoms with Crippen LogP contribution in [0.5, 0.6) is 0 Å². The lowest BCUT2D eigenvalue weighted by molar-refractivity contribution is 0.0662. The number of nitrogens with one attached hydrogen (secondary N) is 5. The van der Waals surface area contributed by atoms with Gasteiger partial charge >= 0.3 is 6.03 Å². The predicted octanol–water partition coefficient (Wildman–Crippen LogP) is 1.20. The summed E-state index contributed by atoms with van der Waals surface area (Å²) in [7, 11) is 0. The minimum atomic E-state index is -0.339. The fraction of sp³-hybridized carbons (Fsp3) is 0.938. The first kappa shape index (κ1) is 17.0. The quantitative estimate of drug-likeness (QED) is 0.438. The van der Waals surface area contributed by atoms with Crippen LogP contribution in [0.25, 0.3) is 0 Å². The van der Waals surface area contributed by atoms with Gasteiger partial charge in [0.15, 0.2) is 0 Å². The molecule has 0 aromatic heterocycles. The van der Waals surface area contributed by atoms with Gasteiger partial charge in [-0.25, -0.2) is 4.79 Å². The standard InChI is InChI=1S/C16H31N5O2/c1-10-8-14(21-23)19-15(17-10)20-16(22)18-13-7-6-11-4-2-3-5-12(11)9-13/h10-15,17,19,21,23H,2-9H2,1H3,(H2,18,20,22). The Kier molecular flexibility index (Phi) is 5.74. The highest BCUT2D eigenvalue weighted by molar-refractivity contribution is 5.74. The molecule has 0 spiro atoms. The van der Waals surface area contributed by atoms with Crippen LogP contribution in [0.3, 0.4) is 0 Å². The second-order valence-electron chi connectivity index (χ2n) is 7.52. The van der Waals surface area contributed by atoms with Gasteiger partial charge in [-0.2, -0.15) is 5.48 Å². The lowest BCUT2D eigenvalue weighted by atomic mass is 9.69. The fourth-order valence-corrected chi connectivity index (χ4v) is 4.56. The highest BCUT2D eigenvalue weighted by atomic mass is 16.5. The number of urea groups is 1. The topological polar surface area (TPSA) is 97.5 Å². The third-order valence-electron chi connectivity index (χ3n) is 5.71. The SMILES string of the molecule is CC1CC(NO)NC(NC(=O)NC2CCC3CCCCC3C2)N1. The fourth-order valence-electron chi connectivity index (χ4n) is 4.56. The molecule has 23 heavy (non-hydrogen) atoms. The Morgan fingerprint density at radius 1 is 1.00 bits per heavy atom. The molecule has 7 heteroatoms. The highest BCUT2D eigenvalue weighted by Gasteiger charge is 2.33. The molecule has 3 rings (SSSR count). The average Bonchev–Trinajstić information content (AvgIpc) is 2.54. The van der Waals surface area contributed by atoms with Crippen LogP contribution in [0, 0.1) is 11.8 Å². The molecule has 0 bridgehead atoms. The van der Waals surface area contributed by atoms with Gasteiger partial charge in [-0.05, 0) is 44.4 Å². The Hall–Kier alpha value is -0.890. The first-order chi connectivity index (χ1) is 11.1. The maximum Gasteiger partial charge on any atom is 0.317 e. The molecular formula is C16H31N5O2. The number of fused-ring (bicyclic) bond motifs is 1. The molecule has 7 nitrogen and oxygen atoms in total. The zero-order valence-electron chi connectivity index (χ0n) is 14.0. The van der Waals surface area contributed by atoms with Crippen molar-refractivity contribution in [3.63, 3.8) is 0 Å². The summed E-state index contributed by atoms with van der Waals surface area (Å²) >= 11 is 0. The van der Waals surface area contributed by atoms with Crippen LogP contribution in [-0.2, 0) is 0 Å². The number of amides is 2. The predicted molar refractivity (Wildman–Crippen MR) is 87.6 cm³/mol. The first-order valence-electron chi connectivity index (χ1n) is 9.13. The van der Waals surface area contributed by atoms with Gasteiger partial charge in [-0.1, -0.05) is 25.7 Å². The van der Waals surface area contributed by atoms with Crippen LogP contribution in [0.2, 0.25) is 0 Å². The number of hydrogen-bond acceptors (Lipinski definition) is 5. The Balaban J connectivity index is 1.44. The van der Waals surface area contributed by atoms with Crippen LogP contribution in [-0.4, -0.2) is 35.8 Å². The normalized spacial score (nSPS) is 41.0. The summed E-state index contributed by atoms with van der Waals surface area (Å²) in [6, 6.07) is 0.367. The second kappa shape index (κ2) is 7.79. The van der Waals surface area contributed by atoms with Crippen LogP contribution in [0.15, 0.2) is 0 Å². The van der Waals surface area contributed by atoms with Crippen molar-refractivity contribution in [3.05, 3.63) is 0 Å². The largest absolute Gasteiger partial charge is 0.335 e. The van der Waals surface area contributed by atoms with Crippen molar-refractivity contribution in [2.24, 2.45) is 11.8 Å². The maximum atomic E-state index is 12.3. The van der Waals surface area contributed by atoms with Crippen LogP contribution >= 0.6 is 0 Å². The van der Waals surface area contributed by atoms with Gasteiger partial charge in [0.1, 0.15) is 6.29 Å². The van der Waals surface area contributed by atoms with Crippen molar-refractivity contribution in [3.8, 4) is 0 Å². The summed E-state index contributed by atoms with van der Waals surface area (Å²) in [5.41, 5.74) is 2.23. The van der Waals surface area contributed by atoms with E-state index in [0.29, 0.717) is 6.04 Å². The van der Waals surface area contributed by atoms with Gasteiger partial charge in [0, 0.05) is 12.1 Å². The molecule has 3 fully saturated rings. The molecule has 3 aliphatic rings. The van der Waals surface area contributed by atoms with Crippen LogP contribution in [0.4, 0.5) is 4.79 Å². The van der Waals surface area contributed by atoms with Crippen molar-refractivity contribution in [2.75, 3.05) is 0 Å². The molecule has 2 aliphatic carbocycles. The number of carbonyl (C=O) groups excluding carboxylic acids is 1. The minimum Gasteiger partial charge on any atom is -0.335 e. The molecule has 1 saturated heterocycles. The lowest BCUT2D eigenvalue weighted by Crippen LogP contribution is -2.68. The van der Waals surface area contributed by atoms with Crippen LogP contribution in [0.1, 0.15) is 58.3 Å². The Labute approximate surface area is 138 Å². The molecule has 2 saturated carbocycles. The van der Waals surface area contributed by atoms with E-state index in [1.807, 2.05) is 6.92 Å². The Morgan fingerprint density at radius 3 is 2.57 bits per heavy atom. The summed E-state index contributed by atoms with van der Waals surface area (Å²) in [6.45, 7) is 2.03. The average molecular weight is 325 g/mol. The van der Waals surface area contributed by atoms with Gasteiger partial charge in [-0.3, -0.25) is 10.6 Å². The molecule has 6 unspecified atom stereocenters. The Bertz CT molecular complexity index is 408. The number of carbonyl (C=O) groups is 1. The van der Waals surface area contributed by atoms with E-state index < -0.39 is 0 Å². The monoisotopic (exact) mass is 325 g/mol. The number of hydroxylamine groups is 1. The molecule has 0 radical (unpaired) electrons. The molecule has 0 aromatic carbocycles. The zero-order valence-corrected chi connectivity index (χ0v) is 14.0. The minimum absolute atomic E-state index is 0.139. The van der Waals surface area contributed by atoms with Gasteiger partial charge < -0.3 is 15.8 Å². The molecule has 1 heterocycles. The van der Waals surface area contributed by atoms with E-state index >= 15 is 0 Å². The number of rotatable bonds is 3. The van der Waals surface area contributed by atoms with Crippen molar-refractivity contribution in [2.45, 2.75) is 82.8 Å². The smallest absolute Gasteiger partial charge is 0.317 e. The molecule has 0 aromatic rings. The van der Waals surface area contributed by atoms with Gasteiger partial charge in [0.05, 0.1) is 6.17 Å². The van der Waals surface area contributed by atoms with E-state index in [1.54, 1.807) is 0 Å². The second-order valence-corrected chi connectivity index (χ2v) is 7.52. The lowest BCUT2D eigenvalue weighted by Gasteiger charge is -2.40. The van der Waals surface area contributed by atoms with Crippen LogP contribution < -0.4 is 26.7 Å². The molecule has 132 valence electrons. The third-order valence-corrected chi connectivity index (χ3v) is 5.71. The molecule has 1 aliphatic heterocycles. The number of hydrogen-bond donors (Lipinski definition) is 6.